The number of aromatic nitrogens is 1. The van der Waals surface area contributed by atoms with Gasteiger partial charge in [0.25, 0.3) is 0 Å². The molecule has 0 radical (unpaired) electrons. The van der Waals surface area contributed by atoms with E-state index >= 15 is 0 Å². The second kappa shape index (κ2) is 3.38. The Morgan fingerprint density at radius 1 is 1.50 bits per heavy atom. The molecular formula is C10H11NO. The summed E-state index contributed by atoms with van der Waals surface area (Å²) in [6.07, 6.45) is 3.36. The molecule has 0 aliphatic rings. The lowest BCUT2D eigenvalue weighted by atomic mass is 10.1. The molecule has 1 N–H and O–H groups in total. The number of nitrogens with zero attached hydrogens (tertiary/aromatic N) is 1. The minimum Gasteiger partial charge on any atom is -0.378 e. The highest BCUT2D eigenvalue weighted by Crippen LogP contribution is 1.98. The molecule has 0 saturated heterocycles. The van der Waals surface area contributed by atoms with E-state index in [4.69, 9.17) is 0 Å². The van der Waals surface area contributed by atoms with E-state index in [2.05, 4.69) is 16.8 Å². The molecule has 1 aromatic heterocycles. The van der Waals surface area contributed by atoms with Crippen LogP contribution in [0, 0.1) is 11.8 Å². The van der Waals surface area contributed by atoms with E-state index < -0.39 is 5.60 Å². The fraction of sp³-hybridized carbons (Fsp3) is 0.300. The molecule has 0 aliphatic carbocycles. The summed E-state index contributed by atoms with van der Waals surface area (Å²) < 4.78 is 0. The Labute approximate surface area is 72.3 Å². The van der Waals surface area contributed by atoms with Crippen molar-refractivity contribution in [3.8, 4) is 11.8 Å². The third kappa shape index (κ3) is 3.18. The Morgan fingerprint density at radius 3 is 2.75 bits per heavy atom. The number of aliphatic hydroxyl groups is 1. The quantitative estimate of drug-likeness (QED) is 0.580. The van der Waals surface area contributed by atoms with Crippen LogP contribution < -0.4 is 0 Å². The Kier molecular flexibility index (Phi) is 2.47. The summed E-state index contributed by atoms with van der Waals surface area (Å²) in [6, 6.07) is 3.67. The van der Waals surface area contributed by atoms with Crippen molar-refractivity contribution >= 4 is 0 Å². The van der Waals surface area contributed by atoms with Gasteiger partial charge >= 0.3 is 0 Å². The van der Waals surface area contributed by atoms with Crippen LogP contribution in [0.2, 0.25) is 0 Å². The fourth-order valence-electron chi connectivity index (χ4n) is 0.662. The molecule has 1 aromatic rings. The van der Waals surface area contributed by atoms with Crippen molar-refractivity contribution in [2.24, 2.45) is 0 Å². The van der Waals surface area contributed by atoms with Gasteiger partial charge in [-0.25, -0.2) is 0 Å². The topological polar surface area (TPSA) is 33.1 Å². The van der Waals surface area contributed by atoms with Gasteiger partial charge in [0.2, 0.25) is 0 Å². The Hall–Kier alpha value is -1.33. The number of hydrogen-bond donors (Lipinski definition) is 1. The molecule has 0 amide bonds. The summed E-state index contributed by atoms with van der Waals surface area (Å²) in [4.78, 5) is 3.90. The van der Waals surface area contributed by atoms with Gasteiger partial charge < -0.3 is 5.11 Å². The summed E-state index contributed by atoms with van der Waals surface area (Å²) in [7, 11) is 0. The lowest BCUT2D eigenvalue weighted by Crippen LogP contribution is -2.14. The van der Waals surface area contributed by atoms with Crippen molar-refractivity contribution in [2.45, 2.75) is 19.4 Å². The highest BCUT2D eigenvalue weighted by Gasteiger charge is 2.05. The SMILES string of the molecule is CC(C)(O)C#Cc1cccnc1. The van der Waals surface area contributed by atoms with E-state index in [1.165, 1.54) is 0 Å². The van der Waals surface area contributed by atoms with Crippen LogP contribution in [0.3, 0.4) is 0 Å². The van der Waals surface area contributed by atoms with Crippen LogP contribution in [0.5, 0.6) is 0 Å². The molecule has 62 valence electrons. The highest BCUT2D eigenvalue weighted by molar-refractivity contribution is 5.33. The van der Waals surface area contributed by atoms with Gasteiger partial charge in [-0.2, -0.15) is 0 Å². The summed E-state index contributed by atoms with van der Waals surface area (Å²) in [5.41, 5.74) is -0.116. The third-order valence-electron chi connectivity index (χ3n) is 1.17. The second-order valence-electron chi connectivity index (χ2n) is 3.05. The van der Waals surface area contributed by atoms with E-state index in [-0.39, 0.29) is 0 Å². The second-order valence-corrected chi connectivity index (χ2v) is 3.05. The fourth-order valence-corrected chi connectivity index (χ4v) is 0.662. The van der Waals surface area contributed by atoms with Crippen LogP contribution in [-0.4, -0.2) is 15.7 Å². The Balaban J connectivity index is 2.81. The van der Waals surface area contributed by atoms with Crippen LogP contribution in [0.4, 0.5) is 0 Å². The smallest absolute Gasteiger partial charge is 0.120 e. The van der Waals surface area contributed by atoms with Crippen LogP contribution in [0.1, 0.15) is 19.4 Å². The normalized spacial score (nSPS) is 10.2. The molecule has 0 aliphatic heterocycles. The molecular weight excluding hydrogens is 150 g/mol. The van der Waals surface area contributed by atoms with Gasteiger partial charge in [-0.1, -0.05) is 11.8 Å². The van der Waals surface area contributed by atoms with Crippen molar-refractivity contribution in [1.82, 2.24) is 4.98 Å². The van der Waals surface area contributed by atoms with E-state index in [9.17, 15) is 5.11 Å². The van der Waals surface area contributed by atoms with Crippen molar-refractivity contribution in [3.05, 3.63) is 30.1 Å². The molecule has 2 heteroatoms. The summed E-state index contributed by atoms with van der Waals surface area (Å²) in [5.74, 6) is 5.53. The van der Waals surface area contributed by atoms with Gasteiger partial charge in [0.05, 0.1) is 0 Å². The first-order valence-electron chi connectivity index (χ1n) is 3.73. The maximum absolute atomic E-state index is 9.28. The first kappa shape index (κ1) is 8.76. The average molecular weight is 161 g/mol. The maximum atomic E-state index is 9.28. The lowest BCUT2D eigenvalue weighted by Gasteiger charge is -2.05. The van der Waals surface area contributed by atoms with E-state index in [1.54, 1.807) is 26.2 Å². The first-order valence-corrected chi connectivity index (χ1v) is 3.73. The maximum Gasteiger partial charge on any atom is 0.120 e. The zero-order chi connectivity index (χ0) is 9.03. The van der Waals surface area contributed by atoms with Crippen molar-refractivity contribution in [3.63, 3.8) is 0 Å². The molecule has 2 nitrogen and oxygen atoms in total. The van der Waals surface area contributed by atoms with Crippen molar-refractivity contribution in [1.29, 1.82) is 0 Å². The minimum atomic E-state index is -0.935. The average Bonchev–Trinajstić information content (AvgIpc) is 2.02. The zero-order valence-corrected chi connectivity index (χ0v) is 7.20. The first-order chi connectivity index (χ1) is 5.58. The van der Waals surface area contributed by atoms with Crippen LogP contribution in [-0.2, 0) is 0 Å². The number of hydrogen-bond acceptors (Lipinski definition) is 2. The largest absolute Gasteiger partial charge is 0.378 e. The van der Waals surface area contributed by atoms with Gasteiger partial charge in [0.1, 0.15) is 5.60 Å². The molecule has 1 rings (SSSR count). The van der Waals surface area contributed by atoms with E-state index in [1.807, 2.05) is 12.1 Å². The monoisotopic (exact) mass is 161 g/mol. The molecule has 0 saturated carbocycles. The highest BCUT2D eigenvalue weighted by atomic mass is 16.3. The summed E-state index contributed by atoms with van der Waals surface area (Å²) in [5, 5.41) is 9.28. The molecule has 0 spiro atoms. The van der Waals surface area contributed by atoms with Gasteiger partial charge in [0, 0.05) is 18.0 Å². The van der Waals surface area contributed by atoms with Gasteiger partial charge in [-0.3, -0.25) is 4.98 Å². The molecule has 12 heavy (non-hydrogen) atoms. The summed E-state index contributed by atoms with van der Waals surface area (Å²) in [6.45, 7) is 3.30. The van der Waals surface area contributed by atoms with Gasteiger partial charge in [-0.15, -0.1) is 0 Å². The van der Waals surface area contributed by atoms with Crippen molar-refractivity contribution in [2.75, 3.05) is 0 Å². The molecule has 0 bridgehead atoms. The van der Waals surface area contributed by atoms with Gasteiger partial charge in [0.15, 0.2) is 0 Å². The predicted molar refractivity (Wildman–Crippen MR) is 47.4 cm³/mol. The Bertz CT molecular complexity index is 300. The molecule has 0 aromatic carbocycles. The van der Waals surface area contributed by atoms with Crippen LogP contribution in [0.15, 0.2) is 24.5 Å². The van der Waals surface area contributed by atoms with Crippen LogP contribution in [0.25, 0.3) is 0 Å². The van der Waals surface area contributed by atoms with E-state index in [0.717, 1.165) is 5.56 Å². The molecule has 0 atom stereocenters. The standard InChI is InChI=1S/C10H11NO/c1-10(2,12)6-5-9-4-3-7-11-8-9/h3-4,7-8,12H,1-2H3. The number of pyridine rings is 1. The van der Waals surface area contributed by atoms with Gasteiger partial charge in [-0.05, 0) is 26.0 Å². The predicted octanol–water partition coefficient (Wildman–Crippen LogP) is 1.20. The Morgan fingerprint density at radius 2 is 2.25 bits per heavy atom. The molecule has 0 fully saturated rings. The molecule has 0 unspecified atom stereocenters. The third-order valence-corrected chi connectivity index (χ3v) is 1.17. The summed E-state index contributed by atoms with van der Waals surface area (Å²) >= 11 is 0. The minimum absolute atomic E-state index is 0.819. The number of rotatable bonds is 0. The van der Waals surface area contributed by atoms with E-state index in [0.29, 0.717) is 0 Å². The van der Waals surface area contributed by atoms with Crippen LogP contribution >= 0.6 is 0 Å². The zero-order valence-electron chi connectivity index (χ0n) is 7.20. The van der Waals surface area contributed by atoms with Crippen molar-refractivity contribution < 1.29 is 5.11 Å². The lowest BCUT2D eigenvalue weighted by molar-refractivity contribution is 0.143. The molecule has 1 heterocycles.